The second-order valence-electron chi connectivity index (χ2n) is 8.07. The van der Waals surface area contributed by atoms with Crippen molar-refractivity contribution in [2.45, 2.75) is 37.6 Å². The van der Waals surface area contributed by atoms with E-state index in [4.69, 9.17) is 9.47 Å². The van der Waals surface area contributed by atoms with E-state index in [-0.39, 0.29) is 23.5 Å². The fourth-order valence-electron chi connectivity index (χ4n) is 4.26. The summed E-state index contributed by atoms with van der Waals surface area (Å²) in [5, 5.41) is 3.02. The summed E-state index contributed by atoms with van der Waals surface area (Å²) in [7, 11) is 4.04. The molecule has 0 unspecified atom stereocenters. The quantitative estimate of drug-likeness (QED) is 0.677. The second kappa shape index (κ2) is 8.80. The van der Waals surface area contributed by atoms with Gasteiger partial charge < -0.3 is 24.6 Å². The molecular weight excluding hydrogens is 436 g/mol. The van der Waals surface area contributed by atoms with Crippen molar-refractivity contribution in [3.8, 4) is 5.75 Å². The smallest absolute Gasteiger partial charge is 0.342 e. The largest absolute Gasteiger partial charge is 0.495 e. The molecule has 0 bridgehead atoms. The van der Waals surface area contributed by atoms with Crippen LogP contribution >= 0.6 is 0 Å². The number of carbonyl (C=O) groups excluding carboxylic acids is 2. The molecule has 1 aliphatic heterocycles. The van der Waals surface area contributed by atoms with Gasteiger partial charge in [-0.05, 0) is 31.0 Å². The van der Waals surface area contributed by atoms with Crippen LogP contribution in [0.15, 0.2) is 24.4 Å². The Labute approximate surface area is 189 Å². The highest BCUT2D eigenvalue weighted by Crippen LogP contribution is 2.40. The van der Waals surface area contributed by atoms with Gasteiger partial charge in [-0.25, -0.2) is 9.78 Å². The van der Waals surface area contributed by atoms with Gasteiger partial charge in [-0.15, -0.1) is 0 Å². The number of nitrogens with one attached hydrogen (secondary N) is 1. The molecule has 1 fully saturated rings. The number of hydrogen-bond donors (Lipinski definition) is 1. The van der Waals surface area contributed by atoms with Crippen LogP contribution in [0.4, 0.5) is 31.9 Å². The topological polar surface area (TPSA) is 96.9 Å². The average molecular weight is 461 g/mol. The minimum absolute atomic E-state index is 0.134. The normalized spacial score (nSPS) is 18.0. The van der Waals surface area contributed by atoms with E-state index in [0.717, 1.165) is 30.6 Å². The molecule has 176 valence electrons. The molecule has 2 aromatic rings. The Balaban J connectivity index is 1.72. The summed E-state index contributed by atoms with van der Waals surface area (Å²) in [6.07, 6.45) is 4.74. The molecule has 33 heavy (non-hydrogen) atoms. The number of ether oxygens (including phenoxy) is 2. The van der Waals surface area contributed by atoms with E-state index in [1.807, 2.05) is 0 Å². The van der Waals surface area contributed by atoms with Crippen LogP contribution in [0, 0.1) is 0 Å². The number of carbonyl (C=O) groups is 2. The van der Waals surface area contributed by atoms with Crippen LogP contribution in [-0.4, -0.2) is 61.6 Å². The lowest BCUT2D eigenvalue weighted by Crippen LogP contribution is -2.48. The number of methoxy groups -OCH3 is 2. The molecule has 11 heteroatoms. The van der Waals surface area contributed by atoms with Crippen molar-refractivity contribution < 1.29 is 27.8 Å². The molecule has 1 amide bonds. The molecule has 4 rings (SSSR count). The monoisotopic (exact) mass is 461 g/mol. The summed E-state index contributed by atoms with van der Waals surface area (Å²) in [5.74, 6) is -4.57. The number of amides is 1. The molecule has 1 aromatic carbocycles. The summed E-state index contributed by atoms with van der Waals surface area (Å²) >= 11 is 0. The minimum Gasteiger partial charge on any atom is -0.495 e. The van der Waals surface area contributed by atoms with Crippen LogP contribution in [0.5, 0.6) is 5.75 Å². The highest BCUT2D eigenvalue weighted by molar-refractivity contribution is 6.02. The maximum Gasteiger partial charge on any atom is 0.342 e. The van der Waals surface area contributed by atoms with E-state index in [9.17, 15) is 18.4 Å². The third-order valence-corrected chi connectivity index (χ3v) is 6.00. The van der Waals surface area contributed by atoms with Crippen molar-refractivity contribution in [1.29, 1.82) is 0 Å². The Morgan fingerprint density at radius 3 is 2.64 bits per heavy atom. The lowest BCUT2D eigenvalue weighted by Gasteiger charge is -2.31. The molecule has 1 aromatic heterocycles. The molecule has 9 nitrogen and oxygen atoms in total. The van der Waals surface area contributed by atoms with E-state index in [2.05, 4.69) is 15.3 Å². The fourth-order valence-corrected chi connectivity index (χ4v) is 4.26. The molecule has 1 saturated carbocycles. The Kier molecular flexibility index (Phi) is 6.05. The van der Waals surface area contributed by atoms with Gasteiger partial charge in [0.15, 0.2) is 5.82 Å². The molecular formula is C22H25F2N5O4. The molecule has 1 N–H and O–H groups in total. The molecule has 2 heterocycles. The van der Waals surface area contributed by atoms with E-state index >= 15 is 0 Å². The van der Waals surface area contributed by atoms with Gasteiger partial charge in [-0.2, -0.15) is 13.8 Å². The predicted octanol–water partition coefficient (Wildman–Crippen LogP) is 3.38. The highest BCUT2D eigenvalue weighted by atomic mass is 19.3. The Bertz CT molecular complexity index is 1070. The van der Waals surface area contributed by atoms with Crippen LogP contribution in [0.25, 0.3) is 0 Å². The van der Waals surface area contributed by atoms with Gasteiger partial charge in [0.1, 0.15) is 11.4 Å². The number of halogens is 2. The first-order chi connectivity index (χ1) is 15.7. The number of hydrogen-bond acceptors (Lipinski definition) is 8. The van der Waals surface area contributed by atoms with Gasteiger partial charge in [0, 0.05) is 13.1 Å². The summed E-state index contributed by atoms with van der Waals surface area (Å²) in [6, 6.07) is 4.54. The van der Waals surface area contributed by atoms with Crippen molar-refractivity contribution >= 4 is 35.0 Å². The number of anilines is 4. The van der Waals surface area contributed by atoms with E-state index in [1.165, 1.54) is 38.4 Å². The maximum atomic E-state index is 14.7. The van der Waals surface area contributed by atoms with Crippen LogP contribution in [0.3, 0.4) is 0 Å². The van der Waals surface area contributed by atoms with Crippen molar-refractivity contribution in [1.82, 2.24) is 9.97 Å². The van der Waals surface area contributed by atoms with Crippen LogP contribution in [0.1, 0.15) is 36.0 Å². The minimum atomic E-state index is -3.54. The molecule has 0 radical (unpaired) electrons. The first-order valence-electron chi connectivity index (χ1n) is 10.6. The molecule has 0 saturated heterocycles. The molecule has 1 aliphatic carbocycles. The zero-order valence-corrected chi connectivity index (χ0v) is 18.6. The number of nitrogens with zero attached hydrogens (tertiary/aromatic N) is 4. The van der Waals surface area contributed by atoms with Crippen molar-refractivity contribution in [3.05, 3.63) is 30.0 Å². The number of rotatable bonds is 5. The zero-order chi connectivity index (χ0) is 23.8. The third-order valence-electron chi connectivity index (χ3n) is 6.00. The summed E-state index contributed by atoms with van der Waals surface area (Å²) in [5.41, 5.74) is 1.00. The summed E-state index contributed by atoms with van der Waals surface area (Å²) in [6.45, 7) is -0.735. The molecule has 2 aliphatic rings. The van der Waals surface area contributed by atoms with Crippen molar-refractivity contribution in [2.75, 3.05) is 42.9 Å². The average Bonchev–Trinajstić information content (AvgIpc) is 3.34. The lowest BCUT2D eigenvalue weighted by atomic mass is 10.2. The first kappa shape index (κ1) is 22.7. The standard InChI is InChI=1S/C22H25F2N5O4/c1-28-16-11-25-21(26-15-9-8-13(19(30)33-3)10-17(15)32-2)27-18(16)29(14-6-4-5-7-14)12-22(23,24)20(28)31/h8-11,14H,4-7,12H2,1-3H3,(H,25,26,27). The van der Waals surface area contributed by atoms with E-state index < -0.39 is 24.3 Å². The number of esters is 1. The summed E-state index contributed by atoms with van der Waals surface area (Å²) < 4.78 is 39.5. The first-order valence-corrected chi connectivity index (χ1v) is 10.6. The van der Waals surface area contributed by atoms with Crippen LogP contribution < -0.4 is 19.9 Å². The Morgan fingerprint density at radius 1 is 1.24 bits per heavy atom. The van der Waals surface area contributed by atoms with Gasteiger partial charge in [0.05, 0.1) is 38.2 Å². The maximum absolute atomic E-state index is 14.7. The van der Waals surface area contributed by atoms with Gasteiger partial charge in [-0.3, -0.25) is 4.79 Å². The summed E-state index contributed by atoms with van der Waals surface area (Å²) in [4.78, 5) is 35.4. The van der Waals surface area contributed by atoms with Gasteiger partial charge in [-0.1, -0.05) is 12.8 Å². The highest BCUT2D eigenvalue weighted by Gasteiger charge is 2.48. The van der Waals surface area contributed by atoms with E-state index in [0.29, 0.717) is 17.0 Å². The fraction of sp³-hybridized carbons (Fsp3) is 0.455. The SMILES string of the molecule is COC(=O)c1ccc(Nc2ncc3c(n2)N(C2CCCC2)CC(F)(F)C(=O)N3C)c(OC)c1. The number of alkyl halides is 2. The van der Waals surface area contributed by atoms with Crippen LogP contribution in [0.2, 0.25) is 0 Å². The number of fused-ring (bicyclic) bond motifs is 1. The number of aromatic nitrogens is 2. The molecule has 0 spiro atoms. The van der Waals surface area contributed by atoms with Crippen molar-refractivity contribution in [3.63, 3.8) is 0 Å². The van der Waals surface area contributed by atoms with Crippen LogP contribution in [-0.2, 0) is 9.53 Å². The molecule has 0 atom stereocenters. The Morgan fingerprint density at radius 2 is 1.97 bits per heavy atom. The van der Waals surface area contributed by atoms with Gasteiger partial charge in [0.2, 0.25) is 5.95 Å². The lowest BCUT2D eigenvalue weighted by molar-refractivity contribution is -0.140. The van der Waals surface area contributed by atoms with Gasteiger partial charge in [0.25, 0.3) is 5.91 Å². The van der Waals surface area contributed by atoms with Gasteiger partial charge >= 0.3 is 11.9 Å². The number of benzene rings is 1. The van der Waals surface area contributed by atoms with Crippen molar-refractivity contribution in [2.24, 2.45) is 0 Å². The predicted molar refractivity (Wildman–Crippen MR) is 118 cm³/mol. The zero-order valence-electron chi connectivity index (χ0n) is 18.6. The second-order valence-corrected chi connectivity index (χ2v) is 8.07. The third kappa shape index (κ3) is 4.27. The Hall–Kier alpha value is -3.50. The van der Waals surface area contributed by atoms with E-state index in [1.54, 1.807) is 12.1 Å².